The van der Waals surface area contributed by atoms with Gasteiger partial charge < -0.3 is 11.1 Å². The number of aromatic nitrogens is 1. The topological polar surface area (TPSA) is 68.0 Å². The van der Waals surface area contributed by atoms with Gasteiger partial charge in [0, 0.05) is 11.9 Å². The van der Waals surface area contributed by atoms with Gasteiger partial charge in [-0.1, -0.05) is 0 Å². The second kappa shape index (κ2) is 3.67. The van der Waals surface area contributed by atoms with Gasteiger partial charge in [0.05, 0.1) is 23.2 Å². The molecule has 1 saturated carbocycles. The Bertz CT molecular complexity index is 319. The van der Waals surface area contributed by atoms with Gasteiger partial charge in [-0.3, -0.25) is 4.79 Å². The van der Waals surface area contributed by atoms with Crippen LogP contribution in [0, 0.1) is 5.41 Å². The lowest BCUT2D eigenvalue weighted by Crippen LogP contribution is -2.36. The number of carbonyl (C=O) groups excluding carboxylic acids is 1. The number of carbonyl (C=O) groups is 1. The van der Waals surface area contributed by atoms with Gasteiger partial charge in [0.15, 0.2) is 0 Å². The van der Waals surface area contributed by atoms with Crippen LogP contribution in [0.3, 0.4) is 0 Å². The summed E-state index contributed by atoms with van der Waals surface area (Å²) in [5, 5.41) is 4.80. The standard InChI is InChI=1S/C9H13N3OS/c10-5-9(1-2-9)8(13)11-3-7-4-14-6-12-7/h4,6H,1-3,5,10H2,(H,11,13). The van der Waals surface area contributed by atoms with Gasteiger partial charge in [-0.25, -0.2) is 4.98 Å². The average molecular weight is 211 g/mol. The second-order valence-corrected chi connectivity index (χ2v) is 4.37. The fourth-order valence-corrected chi connectivity index (χ4v) is 1.92. The lowest BCUT2D eigenvalue weighted by Gasteiger charge is -2.11. The number of hydrogen-bond donors (Lipinski definition) is 2. The van der Waals surface area contributed by atoms with Gasteiger partial charge in [-0.15, -0.1) is 11.3 Å². The Hall–Kier alpha value is -0.940. The molecule has 76 valence electrons. The number of hydrogen-bond acceptors (Lipinski definition) is 4. The summed E-state index contributed by atoms with van der Waals surface area (Å²) in [6.07, 6.45) is 1.85. The Kier molecular flexibility index (Phi) is 2.52. The number of nitrogens with two attached hydrogens (primary N) is 1. The quantitative estimate of drug-likeness (QED) is 0.762. The molecular formula is C9H13N3OS. The third kappa shape index (κ3) is 1.78. The van der Waals surface area contributed by atoms with Crippen LogP contribution in [0.4, 0.5) is 0 Å². The zero-order valence-electron chi connectivity index (χ0n) is 7.82. The monoisotopic (exact) mass is 211 g/mol. The smallest absolute Gasteiger partial charge is 0.227 e. The maximum atomic E-state index is 11.6. The zero-order valence-corrected chi connectivity index (χ0v) is 8.64. The summed E-state index contributed by atoms with van der Waals surface area (Å²) < 4.78 is 0. The molecule has 2 rings (SSSR count). The number of thiazole rings is 1. The highest BCUT2D eigenvalue weighted by atomic mass is 32.1. The maximum Gasteiger partial charge on any atom is 0.227 e. The molecule has 14 heavy (non-hydrogen) atoms. The Morgan fingerprint density at radius 2 is 2.50 bits per heavy atom. The van der Waals surface area contributed by atoms with E-state index in [0.717, 1.165) is 18.5 Å². The summed E-state index contributed by atoms with van der Waals surface area (Å²) in [6, 6.07) is 0. The highest BCUT2D eigenvalue weighted by molar-refractivity contribution is 7.07. The van der Waals surface area contributed by atoms with Crippen LogP contribution in [-0.4, -0.2) is 17.4 Å². The van der Waals surface area contributed by atoms with Crippen molar-refractivity contribution in [3.8, 4) is 0 Å². The van der Waals surface area contributed by atoms with Crippen LogP contribution in [0.1, 0.15) is 18.5 Å². The third-order valence-corrected chi connectivity index (χ3v) is 3.27. The summed E-state index contributed by atoms with van der Waals surface area (Å²) in [4.78, 5) is 15.7. The van der Waals surface area contributed by atoms with Gasteiger partial charge in [0.1, 0.15) is 0 Å². The first-order chi connectivity index (χ1) is 6.77. The summed E-state index contributed by atoms with van der Waals surface area (Å²) in [5.41, 5.74) is 7.96. The van der Waals surface area contributed by atoms with Crippen molar-refractivity contribution in [2.24, 2.45) is 11.1 Å². The summed E-state index contributed by atoms with van der Waals surface area (Å²) in [5.74, 6) is 0.0769. The number of amides is 1. The molecule has 1 aromatic rings. The van der Waals surface area contributed by atoms with Crippen molar-refractivity contribution >= 4 is 17.2 Å². The van der Waals surface area contributed by atoms with E-state index in [-0.39, 0.29) is 11.3 Å². The third-order valence-electron chi connectivity index (χ3n) is 2.64. The SMILES string of the molecule is NCC1(C(=O)NCc2cscn2)CC1. The fraction of sp³-hybridized carbons (Fsp3) is 0.556. The second-order valence-electron chi connectivity index (χ2n) is 3.65. The molecular weight excluding hydrogens is 198 g/mol. The largest absolute Gasteiger partial charge is 0.350 e. The van der Waals surface area contributed by atoms with Crippen LogP contribution in [0.25, 0.3) is 0 Å². The van der Waals surface area contributed by atoms with E-state index in [4.69, 9.17) is 5.73 Å². The minimum absolute atomic E-state index is 0.0769. The van der Waals surface area contributed by atoms with E-state index in [9.17, 15) is 4.79 Å². The van der Waals surface area contributed by atoms with E-state index in [0.29, 0.717) is 13.1 Å². The normalized spacial score (nSPS) is 17.8. The van der Waals surface area contributed by atoms with Gasteiger partial charge in [-0.2, -0.15) is 0 Å². The molecule has 0 aromatic carbocycles. The number of nitrogens with zero attached hydrogens (tertiary/aromatic N) is 1. The van der Waals surface area contributed by atoms with E-state index in [2.05, 4.69) is 10.3 Å². The van der Waals surface area contributed by atoms with Crippen molar-refractivity contribution in [2.75, 3.05) is 6.54 Å². The Morgan fingerprint density at radius 3 is 3.00 bits per heavy atom. The molecule has 0 bridgehead atoms. The predicted octanol–water partition coefficient (Wildman–Crippen LogP) is 0.498. The first-order valence-corrected chi connectivity index (χ1v) is 5.56. The lowest BCUT2D eigenvalue weighted by molar-refractivity contribution is -0.126. The molecule has 0 radical (unpaired) electrons. The highest BCUT2D eigenvalue weighted by Gasteiger charge is 2.48. The molecule has 0 spiro atoms. The Balaban J connectivity index is 1.84. The highest BCUT2D eigenvalue weighted by Crippen LogP contribution is 2.44. The first kappa shape index (κ1) is 9.61. The van der Waals surface area contributed by atoms with Gasteiger partial charge in [0.25, 0.3) is 0 Å². The first-order valence-electron chi connectivity index (χ1n) is 4.62. The molecule has 0 unspecified atom stereocenters. The van der Waals surface area contributed by atoms with Crippen LogP contribution in [0.5, 0.6) is 0 Å². The van der Waals surface area contributed by atoms with Crippen LogP contribution >= 0.6 is 11.3 Å². The minimum atomic E-state index is -0.254. The molecule has 3 N–H and O–H groups in total. The van der Waals surface area contributed by atoms with Crippen molar-refractivity contribution in [1.82, 2.24) is 10.3 Å². The van der Waals surface area contributed by atoms with E-state index in [1.807, 2.05) is 5.38 Å². The van der Waals surface area contributed by atoms with Crippen molar-refractivity contribution < 1.29 is 4.79 Å². The molecule has 0 saturated heterocycles. The average Bonchev–Trinajstić information content (AvgIpc) is 2.84. The van der Waals surface area contributed by atoms with Crippen LogP contribution in [-0.2, 0) is 11.3 Å². The van der Waals surface area contributed by atoms with Gasteiger partial charge in [0.2, 0.25) is 5.91 Å². The zero-order chi connectivity index (χ0) is 10.0. The van der Waals surface area contributed by atoms with Crippen LogP contribution in [0.15, 0.2) is 10.9 Å². The molecule has 0 atom stereocenters. The van der Waals surface area contributed by atoms with Crippen molar-refractivity contribution in [3.63, 3.8) is 0 Å². The van der Waals surface area contributed by atoms with Gasteiger partial charge in [-0.05, 0) is 12.8 Å². The van der Waals surface area contributed by atoms with Gasteiger partial charge >= 0.3 is 0 Å². The molecule has 1 aromatic heterocycles. The molecule has 4 nitrogen and oxygen atoms in total. The summed E-state index contributed by atoms with van der Waals surface area (Å²) in [6.45, 7) is 0.972. The molecule has 1 amide bonds. The summed E-state index contributed by atoms with van der Waals surface area (Å²) >= 11 is 1.53. The van der Waals surface area contributed by atoms with Crippen molar-refractivity contribution in [1.29, 1.82) is 0 Å². The number of nitrogens with one attached hydrogen (secondary N) is 1. The van der Waals surface area contributed by atoms with E-state index in [1.54, 1.807) is 5.51 Å². The molecule has 5 heteroatoms. The van der Waals surface area contributed by atoms with E-state index in [1.165, 1.54) is 11.3 Å². The molecule has 1 aliphatic rings. The molecule has 0 aliphatic heterocycles. The Morgan fingerprint density at radius 1 is 1.71 bits per heavy atom. The predicted molar refractivity (Wildman–Crippen MR) is 54.7 cm³/mol. The van der Waals surface area contributed by atoms with Crippen molar-refractivity contribution in [2.45, 2.75) is 19.4 Å². The van der Waals surface area contributed by atoms with Crippen LogP contribution in [0.2, 0.25) is 0 Å². The van der Waals surface area contributed by atoms with Crippen LogP contribution < -0.4 is 11.1 Å². The Labute approximate surface area is 86.5 Å². The van der Waals surface area contributed by atoms with Crippen molar-refractivity contribution in [3.05, 3.63) is 16.6 Å². The molecule has 1 fully saturated rings. The maximum absolute atomic E-state index is 11.6. The van der Waals surface area contributed by atoms with E-state index < -0.39 is 0 Å². The fourth-order valence-electron chi connectivity index (χ4n) is 1.36. The van der Waals surface area contributed by atoms with E-state index >= 15 is 0 Å². The lowest BCUT2D eigenvalue weighted by atomic mass is 10.1. The molecule has 1 aliphatic carbocycles. The minimum Gasteiger partial charge on any atom is -0.350 e. The summed E-state index contributed by atoms with van der Waals surface area (Å²) in [7, 11) is 0. The number of rotatable bonds is 4. The molecule has 1 heterocycles.